The van der Waals surface area contributed by atoms with Gasteiger partial charge in [0, 0.05) is 28.9 Å². The number of amides is 1. The minimum atomic E-state index is -4.44. The lowest BCUT2D eigenvalue weighted by Gasteiger charge is -2.32. The van der Waals surface area contributed by atoms with E-state index in [4.69, 9.17) is 4.74 Å². The highest BCUT2D eigenvalue weighted by Crippen LogP contribution is 2.36. The summed E-state index contributed by atoms with van der Waals surface area (Å²) in [6, 6.07) is 4.31. The molecule has 2 aromatic carbocycles. The third-order valence-corrected chi connectivity index (χ3v) is 6.10. The van der Waals surface area contributed by atoms with E-state index in [2.05, 4.69) is 4.72 Å². The van der Waals surface area contributed by atoms with Crippen molar-refractivity contribution in [1.82, 2.24) is 0 Å². The van der Waals surface area contributed by atoms with Gasteiger partial charge in [-0.2, -0.15) is 0 Å². The Labute approximate surface area is 176 Å². The number of carbonyl (C=O) groups excluding carboxylic acids is 1. The van der Waals surface area contributed by atoms with Crippen LogP contribution in [0.15, 0.2) is 18.2 Å². The highest BCUT2D eigenvalue weighted by molar-refractivity contribution is 7.91. The van der Waals surface area contributed by atoms with Crippen molar-refractivity contribution in [2.24, 2.45) is 0 Å². The molecule has 3 rings (SSSR count). The first-order chi connectivity index (χ1) is 14.5. The number of benzene rings is 2. The summed E-state index contributed by atoms with van der Waals surface area (Å²) in [5, 5.41) is 0. The molecule has 0 radical (unpaired) electrons. The minimum absolute atomic E-state index is 0.0360. The molecule has 1 N–H and O–H groups in total. The number of nitrogens with one attached hydrogen (secondary N) is 1. The number of sulfonamides is 1. The van der Waals surface area contributed by atoms with Gasteiger partial charge in [0.15, 0.2) is 23.3 Å². The van der Waals surface area contributed by atoms with Crippen LogP contribution < -0.4 is 9.62 Å². The zero-order valence-electron chi connectivity index (χ0n) is 16.9. The molecule has 168 valence electrons. The largest absolute Gasteiger partial charge is 0.441 e. The number of nitrogens with zero attached hydrogens (tertiary/aromatic N) is 1. The number of anilines is 2. The number of hydrogen-bond donors (Lipinski definition) is 1. The third kappa shape index (κ3) is 4.32. The molecule has 1 aliphatic heterocycles. The first kappa shape index (κ1) is 22.9. The molecule has 2 aromatic rings. The Morgan fingerprint density at radius 3 is 2.29 bits per heavy atom. The van der Waals surface area contributed by atoms with Crippen LogP contribution in [0.1, 0.15) is 43.1 Å². The molecule has 6 nitrogen and oxygen atoms in total. The van der Waals surface area contributed by atoms with Crippen molar-refractivity contribution in [3.8, 4) is 0 Å². The van der Waals surface area contributed by atoms with Gasteiger partial charge in [-0.15, -0.1) is 0 Å². The van der Waals surface area contributed by atoms with Crippen molar-refractivity contribution in [2.75, 3.05) is 16.2 Å². The summed E-state index contributed by atoms with van der Waals surface area (Å²) in [7, 11) is -4.44. The Morgan fingerprint density at radius 1 is 1.10 bits per heavy atom. The van der Waals surface area contributed by atoms with Crippen LogP contribution in [0.25, 0.3) is 0 Å². The molecule has 31 heavy (non-hydrogen) atoms. The molecule has 11 heteroatoms. The molecule has 1 atom stereocenters. The summed E-state index contributed by atoms with van der Waals surface area (Å²) in [6.07, 6.45) is -0.516. The van der Waals surface area contributed by atoms with Crippen LogP contribution in [0.2, 0.25) is 0 Å². The van der Waals surface area contributed by atoms with Crippen molar-refractivity contribution >= 4 is 27.5 Å². The van der Waals surface area contributed by atoms with E-state index in [0.717, 1.165) is 6.92 Å². The molecule has 1 amide bonds. The molecule has 0 saturated carbocycles. The van der Waals surface area contributed by atoms with Crippen LogP contribution in [0.3, 0.4) is 0 Å². The topological polar surface area (TPSA) is 75.7 Å². The number of ether oxygens (including phenoxy) is 1. The number of rotatable bonds is 6. The van der Waals surface area contributed by atoms with Crippen LogP contribution in [-0.2, 0) is 20.5 Å². The monoisotopic (exact) mass is 460 g/mol. The second-order valence-corrected chi connectivity index (χ2v) is 8.89. The zero-order valence-corrected chi connectivity index (χ0v) is 17.7. The van der Waals surface area contributed by atoms with Crippen molar-refractivity contribution < 1.29 is 35.5 Å². The second kappa shape index (κ2) is 8.37. The summed E-state index contributed by atoms with van der Waals surface area (Å²) in [6.45, 7) is 4.73. The van der Waals surface area contributed by atoms with E-state index >= 15 is 0 Å². The molecule has 0 aromatic heterocycles. The van der Waals surface area contributed by atoms with Gasteiger partial charge in [0.05, 0.1) is 5.69 Å². The van der Waals surface area contributed by atoms with E-state index in [1.807, 2.05) is 6.92 Å². The van der Waals surface area contributed by atoms with Crippen molar-refractivity contribution in [2.45, 2.75) is 39.0 Å². The smallest absolute Gasteiger partial charge is 0.414 e. The Hall–Kier alpha value is -2.82. The van der Waals surface area contributed by atoms with E-state index in [1.165, 1.54) is 23.1 Å². The maximum absolute atomic E-state index is 14.1. The summed E-state index contributed by atoms with van der Waals surface area (Å²) in [5.74, 6) is -8.14. The third-order valence-electron chi connectivity index (χ3n) is 4.88. The molecule has 0 fully saturated rings. The predicted octanol–water partition coefficient (Wildman–Crippen LogP) is 4.92. The fraction of sp³-hybridized carbons (Fsp3) is 0.350. The van der Waals surface area contributed by atoms with Gasteiger partial charge in [0.1, 0.15) is 11.9 Å². The number of hydrogen-bond acceptors (Lipinski definition) is 4. The normalized spacial score (nSPS) is 16.2. The Kier molecular flexibility index (Phi) is 6.17. The molecular weight excluding hydrogens is 440 g/mol. The van der Waals surface area contributed by atoms with E-state index < -0.39 is 62.4 Å². The number of cyclic esters (lactones) is 1. The highest BCUT2D eigenvalue weighted by Gasteiger charge is 2.31. The van der Waals surface area contributed by atoms with Crippen LogP contribution in [0.4, 0.5) is 33.7 Å². The lowest BCUT2D eigenvalue weighted by molar-refractivity contribution is 0.108. The maximum Gasteiger partial charge on any atom is 0.414 e. The van der Waals surface area contributed by atoms with Crippen LogP contribution >= 0.6 is 0 Å². The highest BCUT2D eigenvalue weighted by atomic mass is 32.2. The standard InChI is InChI=1S/C20H20F4N2O4S/c1-4-7-26-15-6-5-12(8-13(15)11(3)30-20(26)27)25-31(28,29)9-14-18(23)16(21)10(2)17(22)19(14)24/h5-6,8,11,25H,4,7,9H2,1-3H3. The van der Waals surface area contributed by atoms with Crippen molar-refractivity contribution in [3.63, 3.8) is 0 Å². The average molecular weight is 460 g/mol. The molecular formula is C20H20F4N2O4S. The lowest BCUT2D eigenvalue weighted by Crippen LogP contribution is -2.37. The van der Waals surface area contributed by atoms with Gasteiger partial charge in [-0.3, -0.25) is 9.62 Å². The Morgan fingerprint density at radius 2 is 1.71 bits per heavy atom. The number of fused-ring (bicyclic) bond motifs is 1. The summed E-state index contributed by atoms with van der Waals surface area (Å²) >= 11 is 0. The SMILES string of the molecule is CCCN1C(=O)OC(C)c2cc(NS(=O)(=O)Cc3c(F)c(F)c(C)c(F)c3F)ccc21. The Bertz CT molecular complexity index is 1130. The summed E-state index contributed by atoms with van der Waals surface area (Å²) in [4.78, 5) is 13.5. The van der Waals surface area contributed by atoms with E-state index in [1.54, 1.807) is 6.92 Å². The van der Waals surface area contributed by atoms with Gasteiger partial charge in [-0.05, 0) is 38.5 Å². The van der Waals surface area contributed by atoms with E-state index in [0.29, 0.717) is 24.2 Å². The zero-order chi connectivity index (χ0) is 23.1. The molecule has 0 bridgehead atoms. The first-order valence-corrected chi connectivity index (χ1v) is 11.1. The van der Waals surface area contributed by atoms with E-state index in [9.17, 15) is 30.8 Å². The number of halogens is 4. The van der Waals surface area contributed by atoms with Gasteiger partial charge in [0.2, 0.25) is 10.0 Å². The molecule has 0 saturated heterocycles. The molecule has 0 spiro atoms. The number of carbonyl (C=O) groups is 1. The second-order valence-electron chi connectivity index (χ2n) is 7.17. The van der Waals surface area contributed by atoms with Crippen molar-refractivity contribution in [3.05, 3.63) is 58.2 Å². The lowest BCUT2D eigenvalue weighted by atomic mass is 10.0. The molecule has 1 heterocycles. The quantitative estimate of drug-likeness (QED) is 0.491. The summed E-state index contributed by atoms with van der Waals surface area (Å²) in [5.41, 5.74) is -0.998. The van der Waals surface area contributed by atoms with Gasteiger partial charge < -0.3 is 4.74 Å². The summed E-state index contributed by atoms with van der Waals surface area (Å²) < 4.78 is 88.0. The fourth-order valence-electron chi connectivity index (χ4n) is 3.32. The minimum Gasteiger partial charge on any atom is -0.441 e. The van der Waals surface area contributed by atoms with Crippen LogP contribution in [-0.4, -0.2) is 21.1 Å². The molecule has 0 aliphatic carbocycles. The van der Waals surface area contributed by atoms with Crippen LogP contribution in [0.5, 0.6) is 0 Å². The van der Waals surface area contributed by atoms with Gasteiger partial charge in [-0.25, -0.2) is 30.8 Å². The fourth-order valence-corrected chi connectivity index (χ4v) is 4.51. The van der Waals surface area contributed by atoms with E-state index in [-0.39, 0.29) is 5.69 Å². The average Bonchev–Trinajstić information content (AvgIpc) is 2.71. The van der Waals surface area contributed by atoms with Gasteiger partial charge in [-0.1, -0.05) is 6.92 Å². The maximum atomic E-state index is 14.1. The van der Waals surface area contributed by atoms with Gasteiger partial charge >= 0.3 is 6.09 Å². The molecule has 1 unspecified atom stereocenters. The van der Waals surface area contributed by atoms with Gasteiger partial charge in [0.25, 0.3) is 0 Å². The molecule has 1 aliphatic rings. The predicted molar refractivity (Wildman–Crippen MR) is 106 cm³/mol. The van der Waals surface area contributed by atoms with Crippen molar-refractivity contribution in [1.29, 1.82) is 0 Å². The van der Waals surface area contributed by atoms with Crippen LogP contribution in [0, 0.1) is 30.2 Å². The first-order valence-electron chi connectivity index (χ1n) is 9.40. The Balaban J connectivity index is 1.92.